The Morgan fingerprint density at radius 1 is 0.462 bits per heavy atom. The molecule has 2 aromatic heterocycles. The van der Waals surface area contributed by atoms with E-state index in [1.54, 1.807) is 0 Å². The summed E-state index contributed by atoms with van der Waals surface area (Å²) in [5.74, 6) is 0. The molecule has 0 N–H and O–H groups in total. The zero-order valence-electron chi connectivity index (χ0n) is 28.9. The van der Waals surface area contributed by atoms with E-state index < -0.39 is 0 Å². The Morgan fingerprint density at radius 3 is 2.00 bits per heavy atom. The van der Waals surface area contributed by atoms with E-state index in [9.17, 15) is 0 Å². The molecule has 11 rings (SSSR count). The normalized spacial score (nSPS) is 13.3. The van der Waals surface area contributed by atoms with Gasteiger partial charge in [-0.1, -0.05) is 111 Å². The summed E-state index contributed by atoms with van der Waals surface area (Å²) in [7, 11) is 0. The molecule has 0 atom stereocenters. The summed E-state index contributed by atoms with van der Waals surface area (Å²) in [5.41, 5.74) is 12.9. The summed E-state index contributed by atoms with van der Waals surface area (Å²) in [5, 5.41) is 7.20. The molecule has 0 saturated heterocycles. The van der Waals surface area contributed by atoms with Crippen LogP contribution in [0.5, 0.6) is 0 Å². The number of para-hydroxylation sites is 1. The zero-order chi connectivity index (χ0) is 34.6. The smallest absolute Gasteiger partial charge is 0.136 e. The Labute approximate surface area is 305 Å². The lowest BCUT2D eigenvalue weighted by Gasteiger charge is -2.28. The number of thiophene rings is 1. The fourth-order valence-corrected chi connectivity index (χ4v) is 9.74. The third-order valence-corrected chi connectivity index (χ3v) is 12.4. The molecular formula is C49H33NOS. The van der Waals surface area contributed by atoms with Crippen molar-refractivity contribution in [2.75, 3.05) is 4.90 Å². The van der Waals surface area contributed by atoms with Crippen molar-refractivity contribution in [3.63, 3.8) is 0 Å². The molecule has 0 radical (unpaired) electrons. The van der Waals surface area contributed by atoms with Gasteiger partial charge in [0.2, 0.25) is 0 Å². The third kappa shape index (κ3) is 4.30. The minimum atomic E-state index is -0.0842. The van der Waals surface area contributed by atoms with Crippen molar-refractivity contribution in [3.8, 4) is 22.3 Å². The molecule has 0 saturated carbocycles. The second-order valence-corrected chi connectivity index (χ2v) is 15.6. The van der Waals surface area contributed by atoms with E-state index in [2.05, 4.69) is 183 Å². The molecular weight excluding hydrogens is 651 g/mol. The van der Waals surface area contributed by atoms with Crippen LogP contribution >= 0.6 is 11.3 Å². The van der Waals surface area contributed by atoms with Crippen molar-refractivity contribution in [2.24, 2.45) is 0 Å². The summed E-state index contributed by atoms with van der Waals surface area (Å²) in [6.45, 7) is 4.71. The van der Waals surface area contributed by atoms with Crippen molar-refractivity contribution < 1.29 is 4.42 Å². The number of anilines is 3. The van der Waals surface area contributed by atoms with Crippen LogP contribution in [0.2, 0.25) is 0 Å². The summed E-state index contributed by atoms with van der Waals surface area (Å²) >= 11 is 1.85. The van der Waals surface area contributed by atoms with Gasteiger partial charge in [-0.25, -0.2) is 0 Å². The molecule has 0 amide bonds. The molecule has 3 heteroatoms. The standard InChI is InChI=1S/C49H33NOS/c1-49(2)42-16-8-5-14-36(42)37-22-19-32(26-43(37)49)35-13-6-9-17-44(35)50(34-21-24-48-41(29-34)38-15-7-10-18-47(38)52-48)33-20-23-45-40(28-33)39-25-30-11-3-4-12-31(30)27-46(39)51-45/h3-29H,1-2H3. The molecule has 0 spiro atoms. The van der Waals surface area contributed by atoms with Crippen molar-refractivity contribution in [2.45, 2.75) is 19.3 Å². The number of benzene rings is 8. The summed E-state index contributed by atoms with van der Waals surface area (Å²) in [6.07, 6.45) is 0. The Hall–Kier alpha value is -6.16. The second-order valence-electron chi connectivity index (χ2n) is 14.5. The van der Waals surface area contributed by atoms with Crippen molar-refractivity contribution in [3.05, 3.63) is 175 Å². The molecule has 1 aliphatic carbocycles. The van der Waals surface area contributed by atoms with Crippen LogP contribution in [0.4, 0.5) is 17.1 Å². The first-order valence-electron chi connectivity index (χ1n) is 17.9. The maximum absolute atomic E-state index is 6.47. The molecule has 2 heterocycles. The van der Waals surface area contributed by atoms with Gasteiger partial charge in [-0.3, -0.25) is 0 Å². The molecule has 0 aliphatic heterocycles. The maximum atomic E-state index is 6.47. The minimum absolute atomic E-state index is 0.0842. The fraction of sp³-hybridized carbons (Fsp3) is 0.0612. The van der Waals surface area contributed by atoms with Gasteiger partial charge < -0.3 is 9.32 Å². The van der Waals surface area contributed by atoms with Crippen LogP contribution in [0.25, 0.3) is 75.1 Å². The predicted octanol–water partition coefficient (Wildman–Crippen LogP) is 14.6. The average molecular weight is 684 g/mol. The zero-order valence-corrected chi connectivity index (χ0v) is 29.7. The van der Waals surface area contributed by atoms with Gasteiger partial charge in [-0.05, 0) is 105 Å². The number of nitrogens with zero attached hydrogens (tertiary/aromatic N) is 1. The molecule has 246 valence electrons. The topological polar surface area (TPSA) is 16.4 Å². The number of furan rings is 1. The van der Waals surface area contributed by atoms with Crippen LogP contribution in [0.15, 0.2) is 168 Å². The Balaban J connectivity index is 1.15. The molecule has 0 unspecified atom stereocenters. The highest BCUT2D eigenvalue weighted by Gasteiger charge is 2.35. The van der Waals surface area contributed by atoms with Crippen LogP contribution in [0, 0.1) is 0 Å². The van der Waals surface area contributed by atoms with E-state index >= 15 is 0 Å². The highest BCUT2D eigenvalue weighted by Crippen LogP contribution is 2.51. The largest absolute Gasteiger partial charge is 0.456 e. The van der Waals surface area contributed by atoms with Crippen LogP contribution in [-0.2, 0) is 5.41 Å². The first-order chi connectivity index (χ1) is 25.5. The van der Waals surface area contributed by atoms with Gasteiger partial charge in [0.05, 0.1) is 5.69 Å². The fourth-order valence-electron chi connectivity index (χ4n) is 8.65. The van der Waals surface area contributed by atoms with Crippen LogP contribution in [-0.4, -0.2) is 0 Å². The predicted molar refractivity (Wildman–Crippen MR) is 222 cm³/mol. The molecule has 2 nitrogen and oxygen atoms in total. The molecule has 8 aromatic carbocycles. The number of fused-ring (bicyclic) bond motifs is 10. The van der Waals surface area contributed by atoms with Gasteiger partial charge in [-0.2, -0.15) is 0 Å². The van der Waals surface area contributed by atoms with Gasteiger partial charge in [-0.15, -0.1) is 11.3 Å². The average Bonchev–Trinajstić information content (AvgIpc) is 3.81. The summed E-state index contributed by atoms with van der Waals surface area (Å²) < 4.78 is 9.07. The molecule has 52 heavy (non-hydrogen) atoms. The quantitative estimate of drug-likeness (QED) is 0.184. The van der Waals surface area contributed by atoms with Crippen LogP contribution in [0.3, 0.4) is 0 Å². The second kappa shape index (κ2) is 10.9. The lowest BCUT2D eigenvalue weighted by molar-refractivity contribution is 0.660. The lowest BCUT2D eigenvalue weighted by atomic mass is 9.81. The van der Waals surface area contributed by atoms with Crippen LogP contribution < -0.4 is 4.90 Å². The van der Waals surface area contributed by atoms with Crippen LogP contribution in [0.1, 0.15) is 25.0 Å². The van der Waals surface area contributed by atoms with Crippen molar-refractivity contribution >= 4 is 81.3 Å². The Morgan fingerprint density at radius 2 is 1.12 bits per heavy atom. The van der Waals surface area contributed by atoms with E-state index in [-0.39, 0.29) is 5.41 Å². The van der Waals surface area contributed by atoms with Gasteiger partial charge in [0, 0.05) is 53.3 Å². The Kier molecular flexibility index (Phi) is 6.21. The number of hydrogen-bond donors (Lipinski definition) is 0. The molecule has 0 bridgehead atoms. The van der Waals surface area contributed by atoms with Gasteiger partial charge in [0.15, 0.2) is 0 Å². The number of hydrogen-bond acceptors (Lipinski definition) is 3. The molecule has 0 fully saturated rings. The monoisotopic (exact) mass is 683 g/mol. The van der Waals surface area contributed by atoms with Gasteiger partial charge in [0.25, 0.3) is 0 Å². The van der Waals surface area contributed by atoms with E-state index in [0.29, 0.717) is 0 Å². The highest BCUT2D eigenvalue weighted by molar-refractivity contribution is 7.25. The van der Waals surface area contributed by atoms with E-state index in [1.165, 1.54) is 64.3 Å². The van der Waals surface area contributed by atoms with Crippen molar-refractivity contribution in [1.29, 1.82) is 0 Å². The maximum Gasteiger partial charge on any atom is 0.136 e. The first-order valence-corrected chi connectivity index (χ1v) is 18.7. The summed E-state index contributed by atoms with van der Waals surface area (Å²) in [6, 6.07) is 60.1. The minimum Gasteiger partial charge on any atom is -0.456 e. The third-order valence-electron chi connectivity index (χ3n) is 11.2. The highest BCUT2D eigenvalue weighted by atomic mass is 32.1. The first kappa shape index (κ1) is 29.6. The number of rotatable bonds is 4. The van der Waals surface area contributed by atoms with Gasteiger partial charge >= 0.3 is 0 Å². The van der Waals surface area contributed by atoms with Crippen molar-refractivity contribution in [1.82, 2.24) is 0 Å². The Bertz CT molecular complexity index is 3070. The van der Waals surface area contributed by atoms with E-state index in [4.69, 9.17) is 4.42 Å². The molecule has 10 aromatic rings. The van der Waals surface area contributed by atoms with E-state index in [0.717, 1.165) is 39.0 Å². The molecule has 1 aliphatic rings. The summed E-state index contributed by atoms with van der Waals surface area (Å²) in [4.78, 5) is 2.44. The van der Waals surface area contributed by atoms with Gasteiger partial charge in [0.1, 0.15) is 11.2 Å². The SMILES string of the molecule is CC1(C)c2ccccc2-c2ccc(-c3ccccc3N(c3ccc4oc5cc6ccccc6cc5c4c3)c3ccc4sc5ccccc5c4c3)cc21. The van der Waals surface area contributed by atoms with E-state index in [1.807, 2.05) is 11.3 Å². The lowest BCUT2D eigenvalue weighted by Crippen LogP contribution is -2.15.